The summed E-state index contributed by atoms with van der Waals surface area (Å²) in [6.07, 6.45) is 1.88. The van der Waals surface area contributed by atoms with E-state index in [0.29, 0.717) is 6.04 Å². The zero-order chi connectivity index (χ0) is 11.5. The fourth-order valence-electron chi connectivity index (χ4n) is 1.91. The Kier molecular flexibility index (Phi) is 3.91. The van der Waals surface area contributed by atoms with E-state index < -0.39 is 0 Å². The van der Waals surface area contributed by atoms with Crippen molar-refractivity contribution in [3.8, 4) is 0 Å². The van der Waals surface area contributed by atoms with Gasteiger partial charge in [-0.3, -0.25) is 4.68 Å². The third kappa shape index (κ3) is 2.81. The van der Waals surface area contributed by atoms with Crippen LogP contribution in [0.4, 0.5) is 0 Å². The van der Waals surface area contributed by atoms with Crippen molar-refractivity contribution >= 4 is 0 Å². The Balaban J connectivity index is 2.99. The SMILES string of the molecule is CCNC(c1ccnn1CC)C(C)(C)C. The van der Waals surface area contributed by atoms with Crippen molar-refractivity contribution in [3.05, 3.63) is 18.0 Å². The van der Waals surface area contributed by atoms with Crippen LogP contribution < -0.4 is 5.32 Å². The van der Waals surface area contributed by atoms with Crippen molar-refractivity contribution in [1.29, 1.82) is 0 Å². The lowest BCUT2D eigenvalue weighted by atomic mass is 9.84. The zero-order valence-electron chi connectivity index (χ0n) is 10.5. The molecule has 0 aliphatic heterocycles. The summed E-state index contributed by atoms with van der Waals surface area (Å²) in [5, 5.41) is 7.87. The predicted molar refractivity (Wildman–Crippen MR) is 63.8 cm³/mol. The first kappa shape index (κ1) is 12.2. The van der Waals surface area contributed by atoms with E-state index in [-0.39, 0.29) is 5.41 Å². The van der Waals surface area contributed by atoms with Crippen LogP contribution in [0, 0.1) is 5.41 Å². The molecule has 1 atom stereocenters. The quantitative estimate of drug-likeness (QED) is 0.826. The number of aromatic nitrogens is 2. The molecule has 0 spiro atoms. The molecular weight excluding hydrogens is 186 g/mol. The highest BCUT2D eigenvalue weighted by Crippen LogP contribution is 2.32. The van der Waals surface area contributed by atoms with Crippen LogP contribution >= 0.6 is 0 Å². The lowest BCUT2D eigenvalue weighted by Gasteiger charge is -2.31. The first-order valence-electron chi connectivity index (χ1n) is 5.75. The Morgan fingerprint density at radius 3 is 2.53 bits per heavy atom. The molecule has 1 aromatic heterocycles. The molecule has 86 valence electrons. The van der Waals surface area contributed by atoms with Crippen LogP contribution in [0.2, 0.25) is 0 Å². The van der Waals surface area contributed by atoms with Crippen molar-refractivity contribution < 1.29 is 0 Å². The summed E-state index contributed by atoms with van der Waals surface area (Å²) in [6, 6.07) is 2.48. The Hall–Kier alpha value is -0.830. The number of aryl methyl sites for hydroxylation is 1. The molecule has 1 rings (SSSR count). The minimum atomic E-state index is 0.211. The second-order valence-corrected chi connectivity index (χ2v) is 4.93. The molecule has 1 heterocycles. The van der Waals surface area contributed by atoms with Crippen LogP contribution in [0.15, 0.2) is 12.3 Å². The van der Waals surface area contributed by atoms with E-state index in [1.807, 2.05) is 6.20 Å². The van der Waals surface area contributed by atoms with E-state index >= 15 is 0 Å². The first-order valence-corrected chi connectivity index (χ1v) is 5.75. The number of nitrogens with one attached hydrogen (secondary N) is 1. The molecule has 0 saturated carbocycles. The number of hydrogen-bond acceptors (Lipinski definition) is 2. The van der Waals surface area contributed by atoms with E-state index in [1.165, 1.54) is 5.69 Å². The van der Waals surface area contributed by atoms with Gasteiger partial charge in [0.15, 0.2) is 0 Å². The molecule has 3 nitrogen and oxygen atoms in total. The molecule has 1 unspecified atom stereocenters. The molecule has 3 heteroatoms. The van der Waals surface area contributed by atoms with Crippen molar-refractivity contribution in [2.45, 2.75) is 47.2 Å². The van der Waals surface area contributed by atoms with Gasteiger partial charge in [-0.15, -0.1) is 0 Å². The maximum atomic E-state index is 4.33. The maximum absolute atomic E-state index is 4.33. The summed E-state index contributed by atoms with van der Waals surface area (Å²) < 4.78 is 2.07. The third-order valence-corrected chi connectivity index (χ3v) is 2.62. The van der Waals surface area contributed by atoms with Gasteiger partial charge in [0.05, 0.1) is 11.7 Å². The van der Waals surface area contributed by atoms with Gasteiger partial charge in [-0.2, -0.15) is 5.10 Å². The van der Waals surface area contributed by atoms with E-state index in [2.05, 4.69) is 55.8 Å². The van der Waals surface area contributed by atoms with Gasteiger partial charge >= 0.3 is 0 Å². The molecule has 0 amide bonds. The van der Waals surface area contributed by atoms with E-state index in [1.54, 1.807) is 0 Å². The van der Waals surface area contributed by atoms with Crippen molar-refractivity contribution in [3.63, 3.8) is 0 Å². The second-order valence-electron chi connectivity index (χ2n) is 4.93. The van der Waals surface area contributed by atoms with Gasteiger partial charge in [-0.25, -0.2) is 0 Å². The van der Waals surface area contributed by atoms with Crippen LogP contribution in [0.3, 0.4) is 0 Å². The molecule has 1 aromatic rings. The summed E-state index contributed by atoms with van der Waals surface area (Å²) in [5.41, 5.74) is 1.50. The zero-order valence-corrected chi connectivity index (χ0v) is 10.5. The normalized spacial score (nSPS) is 14.2. The van der Waals surface area contributed by atoms with Gasteiger partial charge in [-0.1, -0.05) is 27.7 Å². The fourth-order valence-corrected chi connectivity index (χ4v) is 1.91. The maximum Gasteiger partial charge on any atom is 0.0558 e. The molecule has 0 fully saturated rings. The minimum absolute atomic E-state index is 0.211. The van der Waals surface area contributed by atoms with Gasteiger partial charge in [0.25, 0.3) is 0 Å². The standard InChI is InChI=1S/C12H23N3/c1-6-13-11(12(3,4)5)10-8-9-14-15(10)7-2/h8-9,11,13H,6-7H2,1-5H3. The summed E-state index contributed by atoms with van der Waals surface area (Å²) in [4.78, 5) is 0. The third-order valence-electron chi connectivity index (χ3n) is 2.62. The number of nitrogens with zero attached hydrogens (tertiary/aromatic N) is 2. The topological polar surface area (TPSA) is 29.9 Å². The molecule has 0 saturated heterocycles. The van der Waals surface area contributed by atoms with E-state index in [4.69, 9.17) is 0 Å². The molecule has 0 aliphatic rings. The molecule has 0 radical (unpaired) electrons. The average Bonchev–Trinajstić information content (AvgIpc) is 2.59. The lowest BCUT2D eigenvalue weighted by molar-refractivity contribution is 0.262. The van der Waals surface area contributed by atoms with Gasteiger partial charge in [0.2, 0.25) is 0 Å². The molecule has 1 N–H and O–H groups in total. The fraction of sp³-hybridized carbons (Fsp3) is 0.750. The molecule has 0 aliphatic carbocycles. The van der Waals surface area contributed by atoms with Crippen LogP contribution in [-0.4, -0.2) is 16.3 Å². The Labute approximate surface area is 92.9 Å². The van der Waals surface area contributed by atoms with Gasteiger partial charge in [0.1, 0.15) is 0 Å². The lowest BCUT2D eigenvalue weighted by Crippen LogP contribution is -2.34. The Morgan fingerprint density at radius 2 is 2.07 bits per heavy atom. The molecular formula is C12H23N3. The highest BCUT2D eigenvalue weighted by molar-refractivity contribution is 5.10. The van der Waals surface area contributed by atoms with Crippen molar-refractivity contribution in [1.82, 2.24) is 15.1 Å². The summed E-state index contributed by atoms with van der Waals surface area (Å²) in [7, 11) is 0. The smallest absolute Gasteiger partial charge is 0.0558 e. The van der Waals surface area contributed by atoms with Gasteiger partial charge < -0.3 is 5.32 Å². The largest absolute Gasteiger partial charge is 0.308 e. The highest BCUT2D eigenvalue weighted by atomic mass is 15.3. The van der Waals surface area contributed by atoms with Gasteiger partial charge in [-0.05, 0) is 24.9 Å². The van der Waals surface area contributed by atoms with Crippen molar-refractivity contribution in [2.75, 3.05) is 6.54 Å². The van der Waals surface area contributed by atoms with Gasteiger partial charge in [0, 0.05) is 12.7 Å². The molecule has 0 bridgehead atoms. The van der Waals surface area contributed by atoms with Crippen LogP contribution in [0.5, 0.6) is 0 Å². The average molecular weight is 209 g/mol. The van der Waals surface area contributed by atoms with E-state index in [0.717, 1.165) is 13.1 Å². The summed E-state index contributed by atoms with van der Waals surface area (Å²) >= 11 is 0. The number of rotatable bonds is 4. The summed E-state index contributed by atoms with van der Waals surface area (Å²) in [6.45, 7) is 13.0. The number of hydrogen-bond donors (Lipinski definition) is 1. The predicted octanol–water partition coefficient (Wildman–Crippen LogP) is 2.60. The summed E-state index contributed by atoms with van der Waals surface area (Å²) in [5.74, 6) is 0. The minimum Gasteiger partial charge on any atom is -0.308 e. The monoisotopic (exact) mass is 209 g/mol. The Morgan fingerprint density at radius 1 is 1.40 bits per heavy atom. The van der Waals surface area contributed by atoms with Crippen LogP contribution in [0.1, 0.15) is 46.4 Å². The second kappa shape index (κ2) is 4.79. The first-order chi connectivity index (χ1) is 7.00. The molecule has 15 heavy (non-hydrogen) atoms. The highest BCUT2D eigenvalue weighted by Gasteiger charge is 2.27. The van der Waals surface area contributed by atoms with Crippen LogP contribution in [-0.2, 0) is 6.54 Å². The van der Waals surface area contributed by atoms with E-state index in [9.17, 15) is 0 Å². The molecule has 0 aromatic carbocycles. The van der Waals surface area contributed by atoms with Crippen molar-refractivity contribution in [2.24, 2.45) is 5.41 Å². The van der Waals surface area contributed by atoms with Crippen LogP contribution in [0.25, 0.3) is 0 Å². The Bertz CT molecular complexity index is 296.